The molecule has 2 N–H and O–H groups in total. The first-order chi connectivity index (χ1) is 9.58. The number of ether oxygens (including phenoxy) is 2. The zero-order chi connectivity index (χ0) is 14.7. The number of benzene rings is 2. The second-order valence-corrected chi connectivity index (χ2v) is 4.43. The average Bonchev–Trinajstić information content (AvgIpc) is 2.49. The third-order valence-electron chi connectivity index (χ3n) is 3.27. The van der Waals surface area contributed by atoms with Crippen molar-refractivity contribution in [2.45, 2.75) is 6.92 Å². The largest absolute Gasteiger partial charge is 0.496 e. The van der Waals surface area contributed by atoms with Crippen molar-refractivity contribution in [1.82, 2.24) is 0 Å². The molecule has 20 heavy (non-hydrogen) atoms. The van der Waals surface area contributed by atoms with E-state index in [9.17, 15) is 4.79 Å². The molecule has 0 unspecified atom stereocenters. The Morgan fingerprint density at radius 1 is 1.15 bits per heavy atom. The summed E-state index contributed by atoms with van der Waals surface area (Å²) in [6, 6.07) is 11.2. The summed E-state index contributed by atoms with van der Waals surface area (Å²) < 4.78 is 10.1. The van der Waals surface area contributed by atoms with Gasteiger partial charge in [0.25, 0.3) is 0 Å². The molecule has 0 fully saturated rings. The van der Waals surface area contributed by atoms with Crippen LogP contribution < -0.4 is 10.5 Å². The van der Waals surface area contributed by atoms with Gasteiger partial charge in [-0.25, -0.2) is 4.79 Å². The molecular formula is C16H17NO3. The fraction of sp³-hybridized carbons (Fsp3) is 0.188. The van der Waals surface area contributed by atoms with Crippen molar-refractivity contribution >= 4 is 11.7 Å². The molecule has 0 aliphatic carbocycles. The standard InChI is InChI=1S/C16H17NO3/c1-10-13(16(18)20-3)8-11(9-14(10)17)12-6-4-5-7-15(12)19-2/h4-9H,17H2,1-3H3. The van der Waals surface area contributed by atoms with Crippen LogP contribution in [0.3, 0.4) is 0 Å². The first kappa shape index (κ1) is 13.9. The molecule has 0 heterocycles. The summed E-state index contributed by atoms with van der Waals surface area (Å²) in [7, 11) is 2.96. The van der Waals surface area contributed by atoms with Gasteiger partial charge in [0.1, 0.15) is 5.75 Å². The minimum absolute atomic E-state index is 0.397. The summed E-state index contributed by atoms with van der Waals surface area (Å²) in [5.74, 6) is 0.331. The monoisotopic (exact) mass is 271 g/mol. The van der Waals surface area contributed by atoms with E-state index in [1.54, 1.807) is 20.1 Å². The molecule has 0 aromatic heterocycles. The van der Waals surface area contributed by atoms with Gasteiger partial charge in [-0.3, -0.25) is 0 Å². The lowest BCUT2D eigenvalue weighted by Crippen LogP contribution is -2.06. The van der Waals surface area contributed by atoms with E-state index < -0.39 is 5.97 Å². The van der Waals surface area contributed by atoms with E-state index in [0.29, 0.717) is 11.3 Å². The number of carbonyl (C=O) groups is 1. The Hall–Kier alpha value is -2.49. The number of anilines is 1. The molecular weight excluding hydrogens is 254 g/mol. The number of hydrogen-bond donors (Lipinski definition) is 1. The van der Waals surface area contributed by atoms with E-state index in [0.717, 1.165) is 22.4 Å². The van der Waals surface area contributed by atoms with Crippen LogP contribution in [0.2, 0.25) is 0 Å². The first-order valence-electron chi connectivity index (χ1n) is 6.20. The third-order valence-corrected chi connectivity index (χ3v) is 3.27. The van der Waals surface area contributed by atoms with Crippen LogP contribution in [0, 0.1) is 6.92 Å². The number of nitrogens with two attached hydrogens (primary N) is 1. The Balaban J connectivity index is 2.64. The lowest BCUT2D eigenvalue weighted by atomic mass is 9.97. The fourth-order valence-electron chi connectivity index (χ4n) is 2.10. The van der Waals surface area contributed by atoms with Crippen molar-refractivity contribution in [2.24, 2.45) is 0 Å². The number of carbonyl (C=O) groups excluding carboxylic acids is 1. The Morgan fingerprint density at radius 2 is 1.85 bits per heavy atom. The number of hydrogen-bond acceptors (Lipinski definition) is 4. The van der Waals surface area contributed by atoms with Crippen LogP contribution in [-0.2, 0) is 4.74 Å². The van der Waals surface area contributed by atoms with Crippen LogP contribution in [0.25, 0.3) is 11.1 Å². The second-order valence-electron chi connectivity index (χ2n) is 4.43. The third kappa shape index (κ3) is 2.45. The molecule has 0 bridgehead atoms. The molecule has 2 aromatic carbocycles. The highest BCUT2D eigenvalue weighted by atomic mass is 16.5. The molecule has 104 valence electrons. The Labute approximate surface area is 118 Å². The van der Waals surface area contributed by atoms with Crippen molar-refractivity contribution in [3.05, 3.63) is 47.5 Å². The molecule has 0 saturated carbocycles. The van der Waals surface area contributed by atoms with Gasteiger partial charge in [0, 0.05) is 11.3 Å². The van der Waals surface area contributed by atoms with Crippen LogP contribution in [-0.4, -0.2) is 20.2 Å². The maximum Gasteiger partial charge on any atom is 0.338 e. The highest BCUT2D eigenvalue weighted by molar-refractivity contribution is 5.95. The molecule has 4 nitrogen and oxygen atoms in total. The molecule has 0 spiro atoms. The van der Waals surface area contributed by atoms with Gasteiger partial charge < -0.3 is 15.2 Å². The number of nitrogen functional groups attached to an aromatic ring is 1. The summed E-state index contributed by atoms with van der Waals surface area (Å²) in [5, 5.41) is 0. The predicted molar refractivity (Wildman–Crippen MR) is 78.9 cm³/mol. The van der Waals surface area contributed by atoms with Crippen molar-refractivity contribution in [1.29, 1.82) is 0 Å². The number of methoxy groups -OCH3 is 2. The van der Waals surface area contributed by atoms with Crippen LogP contribution in [0.5, 0.6) is 5.75 Å². The molecule has 2 rings (SSSR count). The summed E-state index contributed by atoms with van der Waals surface area (Å²) >= 11 is 0. The molecule has 4 heteroatoms. The van der Waals surface area contributed by atoms with Crippen molar-refractivity contribution in [2.75, 3.05) is 20.0 Å². The van der Waals surface area contributed by atoms with E-state index in [-0.39, 0.29) is 0 Å². The van der Waals surface area contributed by atoms with Gasteiger partial charge in [0.05, 0.1) is 19.8 Å². The van der Waals surface area contributed by atoms with Gasteiger partial charge in [-0.15, -0.1) is 0 Å². The van der Waals surface area contributed by atoms with Gasteiger partial charge in [-0.1, -0.05) is 18.2 Å². The molecule has 0 radical (unpaired) electrons. The van der Waals surface area contributed by atoms with Crippen molar-refractivity contribution in [3.63, 3.8) is 0 Å². The van der Waals surface area contributed by atoms with Crippen LogP contribution in [0.1, 0.15) is 15.9 Å². The van der Waals surface area contributed by atoms with Gasteiger partial charge in [-0.05, 0) is 36.2 Å². The summed E-state index contributed by atoms with van der Waals surface area (Å²) in [6.07, 6.45) is 0. The normalized spacial score (nSPS) is 10.2. The topological polar surface area (TPSA) is 61.5 Å². The highest BCUT2D eigenvalue weighted by Crippen LogP contribution is 2.33. The lowest BCUT2D eigenvalue weighted by Gasteiger charge is -2.13. The van der Waals surface area contributed by atoms with Crippen LogP contribution in [0.15, 0.2) is 36.4 Å². The lowest BCUT2D eigenvalue weighted by molar-refractivity contribution is 0.0600. The van der Waals surface area contributed by atoms with Crippen molar-refractivity contribution in [3.8, 4) is 16.9 Å². The fourth-order valence-corrected chi connectivity index (χ4v) is 2.10. The molecule has 0 aliphatic rings. The quantitative estimate of drug-likeness (QED) is 0.688. The Morgan fingerprint density at radius 3 is 2.50 bits per heavy atom. The van der Waals surface area contributed by atoms with E-state index in [1.807, 2.05) is 30.3 Å². The van der Waals surface area contributed by atoms with Crippen LogP contribution in [0.4, 0.5) is 5.69 Å². The average molecular weight is 271 g/mol. The molecule has 2 aromatic rings. The molecule has 0 atom stereocenters. The maximum absolute atomic E-state index is 11.8. The Bertz CT molecular complexity index is 650. The number of esters is 1. The summed E-state index contributed by atoms with van der Waals surface area (Å²) in [6.45, 7) is 1.80. The molecule has 0 aliphatic heterocycles. The van der Waals surface area contributed by atoms with E-state index in [4.69, 9.17) is 15.2 Å². The molecule has 0 saturated heterocycles. The zero-order valence-corrected chi connectivity index (χ0v) is 11.8. The van der Waals surface area contributed by atoms with Gasteiger partial charge in [0.2, 0.25) is 0 Å². The van der Waals surface area contributed by atoms with Crippen LogP contribution >= 0.6 is 0 Å². The minimum Gasteiger partial charge on any atom is -0.496 e. The van der Waals surface area contributed by atoms with Gasteiger partial charge in [0.15, 0.2) is 0 Å². The minimum atomic E-state index is -0.397. The first-order valence-corrected chi connectivity index (χ1v) is 6.20. The maximum atomic E-state index is 11.8. The SMILES string of the molecule is COC(=O)c1cc(-c2ccccc2OC)cc(N)c1C. The summed E-state index contributed by atoms with van der Waals surface area (Å²) in [4.78, 5) is 11.8. The van der Waals surface area contributed by atoms with Gasteiger partial charge >= 0.3 is 5.97 Å². The smallest absolute Gasteiger partial charge is 0.338 e. The van der Waals surface area contributed by atoms with E-state index in [1.165, 1.54) is 7.11 Å². The molecule has 0 amide bonds. The Kier molecular flexibility index (Phi) is 3.94. The predicted octanol–water partition coefficient (Wildman–Crippen LogP) is 3.04. The zero-order valence-electron chi connectivity index (χ0n) is 11.8. The summed E-state index contributed by atoms with van der Waals surface area (Å²) in [5.41, 5.74) is 9.43. The van der Waals surface area contributed by atoms with Crippen molar-refractivity contribution < 1.29 is 14.3 Å². The van der Waals surface area contributed by atoms with E-state index >= 15 is 0 Å². The highest BCUT2D eigenvalue weighted by Gasteiger charge is 2.15. The number of para-hydroxylation sites is 1. The van der Waals surface area contributed by atoms with E-state index in [2.05, 4.69) is 0 Å². The second kappa shape index (κ2) is 5.65. The van der Waals surface area contributed by atoms with Gasteiger partial charge in [-0.2, -0.15) is 0 Å². The number of rotatable bonds is 3.